The summed E-state index contributed by atoms with van der Waals surface area (Å²) in [7, 11) is 0. The topological polar surface area (TPSA) is 88.9 Å². The van der Waals surface area contributed by atoms with E-state index in [9.17, 15) is 9.59 Å². The van der Waals surface area contributed by atoms with Gasteiger partial charge < -0.3 is 15.2 Å². The molecule has 2 aromatic rings. The van der Waals surface area contributed by atoms with Crippen LogP contribution in [0.15, 0.2) is 24.3 Å². The molecule has 3 rings (SSSR count). The minimum Gasteiger partial charge on any atom is -0.347 e. The molecule has 1 aromatic heterocycles. The minimum atomic E-state index is -0.234. The number of benzene rings is 1. The van der Waals surface area contributed by atoms with Crippen molar-refractivity contribution in [1.29, 1.82) is 0 Å². The molecule has 0 fully saturated rings. The van der Waals surface area contributed by atoms with Gasteiger partial charge in [0.2, 0.25) is 11.8 Å². The third-order valence-electron chi connectivity index (χ3n) is 4.50. The molecule has 0 saturated carbocycles. The number of fused-ring (bicyclic) bond motifs is 1. The molecule has 2 heterocycles. The van der Waals surface area contributed by atoms with Crippen LogP contribution in [-0.2, 0) is 29.0 Å². The number of carbonyl (C=O) groups excluding carboxylic acids is 2. The number of hydrogen-bond donors (Lipinski definition) is 2. The van der Waals surface area contributed by atoms with Crippen molar-refractivity contribution in [2.24, 2.45) is 0 Å². The number of aromatic nitrogens is 3. The monoisotopic (exact) mass is 341 g/mol. The summed E-state index contributed by atoms with van der Waals surface area (Å²) in [6, 6.07) is 7.92. The van der Waals surface area contributed by atoms with Gasteiger partial charge in [0, 0.05) is 37.9 Å². The second kappa shape index (κ2) is 7.46. The van der Waals surface area contributed by atoms with Crippen LogP contribution in [0.25, 0.3) is 0 Å². The van der Waals surface area contributed by atoms with Crippen molar-refractivity contribution in [3.63, 3.8) is 0 Å². The predicted octanol–water partition coefficient (Wildman–Crippen LogP) is 1.65. The van der Waals surface area contributed by atoms with Gasteiger partial charge in [-0.05, 0) is 24.1 Å². The first kappa shape index (κ1) is 17.1. The lowest BCUT2D eigenvalue weighted by Gasteiger charge is -2.24. The van der Waals surface area contributed by atoms with Crippen LogP contribution >= 0.6 is 0 Å². The Bertz CT molecular complexity index is 753. The summed E-state index contributed by atoms with van der Waals surface area (Å²) in [6.07, 6.45) is 2.88. The molecule has 7 heteroatoms. The largest absolute Gasteiger partial charge is 0.347 e. The highest BCUT2D eigenvalue weighted by molar-refractivity contribution is 5.94. The van der Waals surface area contributed by atoms with Gasteiger partial charge in [-0.15, -0.1) is 10.2 Å². The normalized spacial score (nSPS) is 16.2. The Balaban J connectivity index is 1.63. The van der Waals surface area contributed by atoms with Crippen LogP contribution in [0.2, 0.25) is 0 Å². The summed E-state index contributed by atoms with van der Waals surface area (Å²) in [5.41, 5.74) is 1.98. The quantitative estimate of drug-likeness (QED) is 0.865. The van der Waals surface area contributed by atoms with Crippen LogP contribution in [0.4, 0.5) is 5.69 Å². The molecule has 0 bridgehead atoms. The number of hydrogen-bond acceptors (Lipinski definition) is 4. The lowest BCUT2D eigenvalue weighted by atomic mass is 9.91. The molecule has 0 spiro atoms. The first-order valence-electron chi connectivity index (χ1n) is 8.62. The molecule has 7 nitrogen and oxygen atoms in total. The van der Waals surface area contributed by atoms with Gasteiger partial charge in [-0.25, -0.2) is 0 Å². The highest BCUT2D eigenvalue weighted by atomic mass is 16.2. The molecule has 1 aromatic carbocycles. The zero-order valence-corrected chi connectivity index (χ0v) is 14.6. The van der Waals surface area contributed by atoms with E-state index >= 15 is 0 Å². The summed E-state index contributed by atoms with van der Waals surface area (Å²) in [4.78, 5) is 22.6. The van der Waals surface area contributed by atoms with Crippen molar-refractivity contribution in [2.45, 2.75) is 45.6 Å². The van der Waals surface area contributed by atoms with E-state index in [0.29, 0.717) is 5.92 Å². The van der Waals surface area contributed by atoms with Gasteiger partial charge in [-0.3, -0.25) is 9.59 Å². The van der Waals surface area contributed by atoms with E-state index in [1.807, 2.05) is 12.1 Å². The van der Waals surface area contributed by atoms with Crippen molar-refractivity contribution < 1.29 is 9.59 Å². The molecular formula is C18H23N5O2. The number of carbonyl (C=O) groups is 2. The number of rotatable bonds is 5. The van der Waals surface area contributed by atoms with Gasteiger partial charge in [0.15, 0.2) is 0 Å². The molecule has 0 radical (unpaired) electrons. The fourth-order valence-corrected chi connectivity index (χ4v) is 3.17. The Morgan fingerprint density at radius 2 is 2.00 bits per heavy atom. The van der Waals surface area contributed by atoms with Crippen LogP contribution in [0.1, 0.15) is 43.4 Å². The highest BCUT2D eigenvalue weighted by Crippen LogP contribution is 2.29. The lowest BCUT2D eigenvalue weighted by Crippen LogP contribution is -2.31. The Kier molecular flexibility index (Phi) is 5.11. The molecule has 0 unspecified atom stereocenters. The first-order valence-corrected chi connectivity index (χ1v) is 8.62. The van der Waals surface area contributed by atoms with E-state index in [0.717, 1.165) is 43.1 Å². The van der Waals surface area contributed by atoms with Gasteiger partial charge in [-0.2, -0.15) is 0 Å². The molecule has 0 aliphatic carbocycles. The number of anilines is 1. The van der Waals surface area contributed by atoms with E-state index in [-0.39, 0.29) is 18.4 Å². The van der Waals surface area contributed by atoms with Gasteiger partial charge in [-0.1, -0.05) is 19.1 Å². The summed E-state index contributed by atoms with van der Waals surface area (Å²) >= 11 is 0. The van der Waals surface area contributed by atoms with Crippen LogP contribution in [0.5, 0.6) is 0 Å². The number of nitrogens with zero attached hydrogens (tertiary/aromatic N) is 3. The Labute approximate surface area is 146 Å². The third-order valence-corrected chi connectivity index (χ3v) is 4.50. The molecule has 0 saturated heterocycles. The maximum Gasteiger partial charge on any atom is 0.243 e. The fourth-order valence-electron chi connectivity index (χ4n) is 3.17. The summed E-state index contributed by atoms with van der Waals surface area (Å²) in [5.74, 6) is 2.10. The van der Waals surface area contributed by atoms with Gasteiger partial charge in [0.05, 0.1) is 6.54 Å². The second-order valence-electron chi connectivity index (χ2n) is 6.31. The maximum atomic E-state index is 11.7. The summed E-state index contributed by atoms with van der Waals surface area (Å²) in [5, 5.41) is 13.8. The molecule has 25 heavy (non-hydrogen) atoms. The predicted molar refractivity (Wildman–Crippen MR) is 94.2 cm³/mol. The number of aryl methyl sites for hydroxylation is 2. The summed E-state index contributed by atoms with van der Waals surface area (Å²) in [6.45, 7) is 4.37. The fraction of sp³-hybridized carbons (Fsp3) is 0.444. The van der Waals surface area contributed by atoms with E-state index in [1.54, 1.807) is 0 Å². The van der Waals surface area contributed by atoms with Gasteiger partial charge >= 0.3 is 0 Å². The van der Waals surface area contributed by atoms with Crippen LogP contribution in [0.3, 0.4) is 0 Å². The molecule has 1 aliphatic heterocycles. The molecule has 1 atom stereocenters. The van der Waals surface area contributed by atoms with Gasteiger partial charge in [0.25, 0.3) is 0 Å². The lowest BCUT2D eigenvalue weighted by molar-refractivity contribution is -0.122. The molecule has 132 valence electrons. The molecule has 2 N–H and O–H groups in total. The summed E-state index contributed by atoms with van der Waals surface area (Å²) < 4.78 is 2.23. The van der Waals surface area contributed by atoms with Crippen molar-refractivity contribution in [1.82, 2.24) is 20.1 Å². The van der Waals surface area contributed by atoms with E-state index in [4.69, 9.17) is 0 Å². The highest BCUT2D eigenvalue weighted by Gasteiger charge is 2.23. The second-order valence-corrected chi connectivity index (χ2v) is 6.31. The van der Waals surface area contributed by atoms with Crippen LogP contribution in [-0.4, -0.2) is 33.1 Å². The van der Waals surface area contributed by atoms with Crippen LogP contribution < -0.4 is 10.6 Å². The average Bonchev–Trinajstić information content (AvgIpc) is 3.03. The first-order chi connectivity index (χ1) is 12.1. The zero-order valence-electron chi connectivity index (χ0n) is 14.6. The van der Waals surface area contributed by atoms with Crippen molar-refractivity contribution in [2.75, 3.05) is 11.9 Å². The smallest absolute Gasteiger partial charge is 0.243 e. The Morgan fingerprint density at radius 3 is 2.68 bits per heavy atom. The standard InChI is InChI=1S/C18H23N5O2/c1-3-16-21-22-17-9-6-14(11-23(16)17)13-4-7-15(8-5-13)20-18(25)10-19-12(2)24/h4-5,7-8,14H,3,6,9-11H2,1-2H3,(H,19,24)(H,20,25)/t14-/m1/s1. The average molecular weight is 341 g/mol. The van der Waals surface area contributed by atoms with E-state index in [1.165, 1.54) is 12.5 Å². The Morgan fingerprint density at radius 1 is 1.24 bits per heavy atom. The van der Waals surface area contributed by atoms with Crippen molar-refractivity contribution in [3.05, 3.63) is 41.5 Å². The number of nitrogens with one attached hydrogen (secondary N) is 2. The molecule has 2 amide bonds. The van der Waals surface area contributed by atoms with E-state index in [2.05, 4.69) is 44.5 Å². The van der Waals surface area contributed by atoms with Crippen molar-refractivity contribution >= 4 is 17.5 Å². The minimum absolute atomic E-state index is 0.0179. The van der Waals surface area contributed by atoms with Gasteiger partial charge in [0.1, 0.15) is 11.6 Å². The molecular weight excluding hydrogens is 318 g/mol. The zero-order chi connectivity index (χ0) is 17.8. The third kappa shape index (κ3) is 4.04. The van der Waals surface area contributed by atoms with E-state index < -0.39 is 0 Å². The number of amides is 2. The maximum absolute atomic E-state index is 11.7. The SMILES string of the molecule is CCc1nnc2n1C[C@H](c1ccc(NC(=O)CNC(C)=O)cc1)CC2. The molecule has 1 aliphatic rings. The van der Waals surface area contributed by atoms with Crippen LogP contribution in [0, 0.1) is 0 Å². The Hall–Kier alpha value is -2.70. The van der Waals surface area contributed by atoms with Crippen molar-refractivity contribution in [3.8, 4) is 0 Å².